The fourth-order valence-corrected chi connectivity index (χ4v) is 4.34. The maximum atomic E-state index is 12.2. The first-order valence-electron chi connectivity index (χ1n) is 9.00. The Labute approximate surface area is 151 Å². The Morgan fingerprint density at radius 2 is 2.16 bits per heavy atom. The van der Waals surface area contributed by atoms with E-state index >= 15 is 0 Å². The van der Waals surface area contributed by atoms with Crippen molar-refractivity contribution in [3.8, 4) is 0 Å². The summed E-state index contributed by atoms with van der Waals surface area (Å²) in [5, 5.41) is 3.30. The molecule has 1 aromatic rings. The highest BCUT2D eigenvalue weighted by Crippen LogP contribution is 2.23. The van der Waals surface area contributed by atoms with Crippen LogP contribution in [0.15, 0.2) is 17.4 Å². The number of unbranched alkanes of at least 4 members (excludes halogenated alkanes) is 1. The smallest absolute Gasteiger partial charge is 0.193 e. The van der Waals surface area contributed by atoms with Gasteiger partial charge >= 0.3 is 0 Å². The number of imidazole rings is 1. The first-order chi connectivity index (χ1) is 11.8. The van der Waals surface area contributed by atoms with Gasteiger partial charge in [0.1, 0.15) is 5.82 Å². The van der Waals surface area contributed by atoms with Gasteiger partial charge in [-0.05, 0) is 40.5 Å². The van der Waals surface area contributed by atoms with Gasteiger partial charge in [-0.2, -0.15) is 0 Å². The second kappa shape index (κ2) is 8.21. The molecule has 0 atom stereocenters. The first-order valence-corrected chi connectivity index (χ1v) is 10.7. The summed E-state index contributed by atoms with van der Waals surface area (Å²) in [5.74, 6) is 2.04. The SMILES string of the molecule is CCNC(=NCCCCn1ccnc1C)N1CCS(=O)(=O)C(C)(C)C1. The summed E-state index contributed by atoms with van der Waals surface area (Å²) < 4.78 is 25.8. The van der Waals surface area contributed by atoms with E-state index in [1.807, 2.05) is 26.2 Å². The normalized spacial score (nSPS) is 19.8. The van der Waals surface area contributed by atoms with Crippen molar-refractivity contribution < 1.29 is 8.42 Å². The van der Waals surface area contributed by atoms with E-state index in [1.165, 1.54) is 0 Å². The Hall–Kier alpha value is -1.57. The average molecular weight is 370 g/mol. The van der Waals surface area contributed by atoms with Gasteiger partial charge in [-0.25, -0.2) is 13.4 Å². The van der Waals surface area contributed by atoms with Crippen LogP contribution in [0.4, 0.5) is 0 Å². The number of aliphatic imine (C=N–C) groups is 1. The Balaban J connectivity index is 1.89. The van der Waals surface area contributed by atoms with Crippen LogP contribution in [0.5, 0.6) is 0 Å². The lowest BCUT2D eigenvalue weighted by atomic mass is 10.2. The van der Waals surface area contributed by atoms with Crippen LogP contribution < -0.4 is 5.32 Å². The summed E-state index contributed by atoms with van der Waals surface area (Å²) in [4.78, 5) is 11.0. The Morgan fingerprint density at radius 1 is 1.40 bits per heavy atom. The van der Waals surface area contributed by atoms with Gasteiger partial charge in [-0.1, -0.05) is 0 Å². The fourth-order valence-electron chi connectivity index (χ4n) is 2.97. The van der Waals surface area contributed by atoms with E-state index in [0.717, 1.165) is 44.3 Å². The van der Waals surface area contributed by atoms with E-state index in [4.69, 9.17) is 4.99 Å². The van der Waals surface area contributed by atoms with Gasteiger partial charge in [0.15, 0.2) is 15.8 Å². The largest absolute Gasteiger partial charge is 0.357 e. The van der Waals surface area contributed by atoms with Crippen molar-refractivity contribution in [2.24, 2.45) is 4.99 Å². The van der Waals surface area contributed by atoms with E-state index in [1.54, 1.807) is 13.8 Å². The number of nitrogens with one attached hydrogen (secondary N) is 1. The highest BCUT2D eigenvalue weighted by molar-refractivity contribution is 7.92. The van der Waals surface area contributed by atoms with Gasteiger partial charge in [0.05, 0.1) is 10.5 Å². The molecule has 0 saturated carbocycles. The van der Waals surface area contributed by atoms with Gasteiger partial charge in [-0.15, -0.1) is 0 Å². The van der Waals surface area contributed by atoms with Gasteiger partial charge in [0.2, 0.25) is 0 Å². The van der Waals surface area contributed by atoms with Crippen LogP contribution in [0.25, 0.3) is 0 Å². The number of rotatable bonds is 6. The minimum Gasteiger partial charge on any atom is -0.357 e. The van der Waals surface area contributed by atoms with E-state index in [0.29, 0.717) is 13.1 Å². The lowest BCUT2D eigenvalue weighted by Crippen LogP contribution is -2.57. The van der Waals surface area contributed by atoms with Crippen LogP contribution in [-0.2, 0) is 16.4 Å². The molecule has 1 saturated heterocycles. The molecule has 142 valence electrons. The molecule has 0 bridgehead atoms. The van der Waals surface area contributed by atoms with Crippen molar-refractivity contribution in [1.29, 1.82) is 0 Å². The standard InChI is InChI=1S/C17H31N5O2S/c1-5-18-16(22-12-13-25(23,24)17(3,4)14-22)20-8-6-7-10-21-11-9-19-15(21)2/h9,11H,5-8,10,12-14H2,1-4H3,(H,18,20). The lowest BCUT2D eigenvalue weighted by Gasteiger charge is -2.39. The number of aryl methyl sites for hydroxylation is 2. The number of aromatic nitrogens is 2. The van der Waals surface area contributed by atoms with Gasteiger partial charge < -0.3 is 14.8 Å². The van der Waals surface area contributed by atoms with Crippen molar-refractivity contribution >= 4 is 15.8 Å². The first kappa shape index (κ1) is 19.8. The van der Waals surface area contributed by atoms with Crippen molar-refractivity contribution in [3.63, 3.8) is 0 Å². The number of guanidine groups is 1. The maximum Gasteiger partial charge on any atom is 0.193 e. The highest BCUT2D eigenvalue weighted by Gasteiger charge is 2.40. The molecule has 2 heterocycles. The minimum atomic E-state index is -3.03. The molecule has 0 unspecified atom stereocenters. The molecule has 1 aliphatic rings. The molecule has 0 radical (unpaired) electrons. The summed E-state index contributed by atoms with van der Waals surface area (Å²) >= 11 is 0. The van der Waals surface area contributed by atoms with E-state index in [-0.39, 0.29) is 5.75 Å². The van der Waals surface area contributed by atoms with Crippen LogP contribution >= 0.6 is 0 Å². The van der Waals surface area contributed by atoms with E-state index in [2.05, 4.69) is 19.8 Å². The molecule has 0 aliphatic carbocycles. The third-order valence-electron chi connectivity index (χ3n) is 4.67. The molecule has 7 nitrogen and oxygen atoms in total. The van der Waals surface area contributed by atoms with Crippen LogP contribution in [0.3, 0.4) is 0 Å². The zero-order valence-corrected chi connectivity index (χ0v) is 16.6. The zero-order valence-electron chi connectivity index (χ0n) is 15.8. The third-order valence-corrected chi connectivity index (χ3v) is 7.20. The quantitative estimate of drug-likeness (QED) is 0.466. The molecule has 0 spiro atoms. The predicted molar refractivity (Wildman–Crippen MR) is 102 cm³/mol. The van der Waals surface area contributed by atoms with Crippen LogP contribution in [0.1, 0.15) is 39.4 Å². The number of nitrogens with zero attached hydrogens (tertiary/aromatic N) is 4. The van der Waals surface area contributed by atoms with Crippen molar-refractivity contribution in [2.75, 3.05) is 31.9 Å². The summed E-state index contributed by atoms with van der Waals surface area (Å²) in [7, 11) is -3.03. The van der Waals surface area contributed by atoms with Gasteiger partial charge in [0, 0.05) is 45.1 Å². The minimum absolute atomic E-state index is 0.185. The van der Waals surface area contributed by atoms with Crippen molar-refractivity contribution in [3.05, 3.63) is 18.2 Å². The predicted octanol–water partition coefficient (Wildman–Crippen LogP) is 1.45. The summed E-state index contributed by atoms with van der Waals surface area (Å²) in [6.45, 7) is 11.1. The molecule has 2 rings (SSSR count). The Kier molecular flexibility index (Phi) is 6.48. The number of hydrogen-bond acceptors (Lipinski definition) is 4. The molecule has 1 aromatic heterocycles. The topological polar surface area (TPSA) is 79.6 Å². The molecule has 25 heavy (non-hydrogen) atoms. The highest BCUT2D eigenvalue weighted by atomic mass is 32.2. The number of hydrogen-bond donors (Lipinski definition) is 1. The molecule has 8 heteroatoms. The molecule has 1 aliphatic heterocycles. The van der Waals surface area contributed by atoms with Crippen molar-refractivity contribution in [2.45, 2.75) is 51.8 Å². The van der Waals surface area contributed by atoms with Crippen molar-refractivity contribution in [1.82, 2.24) is 19.8 Å². The summed E-state index contributed by atoms with van der Waals surface area (Å²) in [5.41, 5.74) is 0. The molecule has 0 amide bonds. The molecular weight excluding hydrogens is 338 g/mol. The maximum absolute atomic E-state index is 12.2. The van der Waals surface area contributed by atoms with E-state index in [9.17, 15) is 8.42 Å². The molecular formula is C17H31N5O2S. The molecule has 1 fully saturated rings. The fraction of sp³-hybridized carbons (Fsp3) is 0.765. The van der Waals surface area contributed by atoms with Crippen LogP contribution in [0.2, 0.25) is 0 Å². The van der Waals surface area contributed by atoms with Crippen LogP contribution in [0, 0.1) is 6.92 Å². The third kappa shape index (κ3) is 4.96. The van der Waals surface area contributed by atoms with Gasteiger partial charge in [0.25, 0.3) is 0 Å². The lowest BCUT2D eigenvalue weighted by molar-refractivity contribution is 0.353. The second-order valence-corrected chi connectivity index (χ2v) is 9.85. The second-order valence-electron chi connectivity index (χ2n) is 7.11. The average Bonchev–Trinajstić information content (AvgIpc) is 2.94. The van der Waals surface area contributed by atoms with E-state index < -0.39 is 14.6 Å². The van der Waals surface area contributed by atoms with Crippen LogP contribution in [-0.4, -0.2) is 65.5 Å². The summed E-state index contributed by atoms with van der Waals surface area (Å²) in [6, 6.07) is 0. The van der Waals surface area contributed by atoms with Gasteiger partial charge in [-0.3, -0.25) is 4.99 Å². The zero-order chi connectivity index (χ0) is 18.5. The Bertz CT molecular complexity index is 694. The monoisotopic (exact) mass is 369 g/mol. The Morgan fingerprint density at radius 3 is 2.76 bits per heavy atom. The molecule has 0 aromatic carbocycles. The summed E-state index contributed by atoms with van der Waals surface area (Å²) in [6.07, 6.45) is 5.85. The number of sulfone groups is 1. The molecule has 1 N–H and O–H groups in total.